The number of methoxy groups -OCH3 is 2. The third-order valence-corrected chi connectivity index (χ3v) is 2.97. The van der Waals surface area contributed by atoms with Crippen LogP contribution in [0.1, 0.15) is 20.3 Å². The summed E-state index contributed by atoms with van der Waals surface area (Å²) in [6.45, 7) is 3.90. The fourth-order valence-electron chi connectivity index (χ4n) is 1.47. The van der Waals surface area contributed by atoms with Crippen LogP contribution >= 0.6 is 22.6 Å². The van der Waals surface area contributed by atoms with Gasteiger partial charge in [-0.2, -0.15) is 0 Å². The number of ether oxygens (including phenoxy) is 2. The van der Waals surface area contributed by atoms with Crippen molar-refractivity contribution in [3.8, 4) is 0 Å². The monoisotopic (exact) mass is 380 g/mol. The third kappa shape index (κ3) is 7.37. The zero-order valence-corrected chi connectivity index (χ0v) is 13.9. The number of esters is 1. The lowest BCUT2D eigenvalue weighted by Crippen LogP contribution is -2.16. The summed E-state index contributed by atoms with van der Waals surface area (Å²) in [4.78, 5) is 11.3. The maximum Gasteiger partial charge on any atom is 0.372 e. The van der Waals surface area contributed by atoms with Crippen LogP contribution in [0.25, 0.3) is 0 Å². The first-order valence-corrected chi connectivity index (χ1v) is 7.16. The van der Waals surface area contributed by atoms with Gasteiger partial charge in [0.1, 0.15) is 0 Å². The van der Waals surface area contributed by atoms with Crippen molar-refractivity contribution in [3.63, 3.8) is 0 Å². The molecule has 0 rings (SSSR count). The Morgan fingerprint density at radius 3 is 2.47 bits per heavy atom. The molecule has 2 atom stereocenters. The van der Waals surface area contributed by atoms with Gasteiger partial charge in [-0.1, -0.05) is 47.2 Å². The summed E-state index contributed by atoms with van der Waals surface area (Å²) >= 11 is 2.15. The zero-order valence-electron chi connectivity index (χ0n) is 11.7. The van der Waals surface area contributed by atoms with E-state index < -0.39 is 12.1 Å². The van der Waals surface area contributed by atoms with Crippen LogP contribution in [0.5, 0.6) is 0 Å². The number of carbonyl (C=O) groups excluding carboxylic acids is 1. The van der Waals surface area contributed by atoms with Crippen molar-refractivity contribution in [2.75, 3.05) is 14.2 Å². The standard InChI is InChI=1S/C14H21IO4/c1-10(7-8-15)9-11(2)12(16)5-6-13(18-3)14(17)19-4/h6-9,11-12,16H,5H2,1-4H3/b8-7-,10-9+,13-6+/t11-,12-/m0/s1. The Labute approximate surface area is 128 Å². The number of halogens is 1. The molecule has 0 aliphatic heterocycles. The van der Waals surface area contributed by atoms with Crippen LogP contribution in [0.2, 0.25) is 0 Å². The highest BCUT2D eigenvalue weighted by molar-refractivity contribution is 14.1. The summed E-state index contributed by atoms with van der Waals surface area (Å²) in [5.74, 6) is -0.442. The summed E-state index contributed by atoms with van der Waals surface area (Å²) in [5.41, 5.74) is 1.09. The number of carbonyl (C=O) groups is 1. The Morgan fingerprint density at radius 1 is 1.37 bits per heavy atom. The van der Waals surface area contributed by atoms with Gasteiger partial charge in [-0.3, -0.25) is 0 Å². The molecule has 0 radical (unpaired) electrons. The van der Waals surface area contributed by atoms with Crippen LogP contribution in [0.15, 0.2) is 33.6 Å². The van der Waals surface area contributed by atoms with E-state index in [1.165, 1.54) is 14.2 Å². The van der Waals surface area contributed by atoms with Crippen molar-refractivity contribution >= 4 is 28.6 Å². The topological polar surface area (TPSA) is 55.8 Å². The molecule has 0 aliphatic rings. The van der Waals surface area contributed by atoms with E-state index in [2.05, 4.69) is 27.3 Å². The van der Waals surface area contributed by atoms with Crippen molar-refractivity contribution in [1.82, 2.24) is 0 Å². The maximum atomic E-state index is 11.3. The number of rotatable bonds is 7. The van der Waals surface area contributed by atoms with Gasteiger partial charge in [0, 0.05) is 5.92 Å². The van der Waals surface area contributed by atoms with Crippen LogP contribution < -0.4 is 0 Å². The van der Waals surface area contributed by atoms with Crippen LogP contribution in [0.4, 0.5) is 0 Å². The van der Waals surface area contributed by atoms with Crippen LogP contribution in [-0.2, 0) is 14.3 Å². The minimum Gasteiger partial charge on any atom is -0.490 e. The van der Waals surface area contributed by atoms with Crippen molar-refractivity contribution < 1.29 is 19.4 Å². The lowest BCUT2D eigenvalue weighted by molar-refractivity contribution is -0.139. The quantitative estimate of drug-likeness (QED) is 0.243. The van der Waals surface area contributed by atoms with Gasteiger partial charge < -0.3 is 14.6 Å². The molecule has 19 heavy (non-hydrogen) atoms. The largest absolute Gasteiger partial charge is 0.490 e. The second kappa shape index (κ2) is 10.0. The lowest BCUT2D eigenvalue weighted by atomic mass is 9.99. The van der Waals surface area contributed by atoms with Crippen molar-refractivity contribution in [3.05, 3.63) is 33.6 Å². The number of aliphatic hydroxyl groups excluding tert-OH is 1. The molecule has 0 saturated heterocycles. The number of hydrogen-bond acceptors (Lipinski definition) is 4. The van der Waals surface area contributed by atoms with Crippen molar-refractivity contribution in [2.45, 2.75) is 26.4 Å². The Hall–Kier alpha value is -0.820. The predicted octanol–water partition coefficient (Wildman–Crippen LogP) is 2.97. The smallest absolute Gasteiger partial charge is 0.372 e. The molecule has 1 N–H and O–H groups in total. The molecule has 0 bridgehead atoms. The summed E-state index contributed by atoms with van der Waals surface area (Å²) in [6.07, 6.45) is 5.25. The Bertz CT molecular complexity index is 372. The van der Waals surface area contributed by atoms with E-state index in [0.717, 1.165) is 5.57 Å². The zero-order chi connectivity index (χ0) is 14.8. The number of allylic oxidation sites excluding steroid dienone is 2. The van der Waals surface area contributed by atoms with Gasteiger partial charge in [0.15, 0.2) is 5.76 Å². The SMILES string of the molecule is COC(=O)/C(=C\C[C@H](O)[C@@H](C)/C=C(C)/C=C\I)OC. The normalized spacial score (nSPS) is 16.3. The molecule has 0 heterocycles. The fraction of sp³-hybridized carbons (Fsp3) is 0.500. The summed E-state index contributed by atoms with van der Waals surface area (Å²) in [7, 11) is 2.69. The van der Waals surface area contributed by atoms with E-state index in [1.54, 1.807) is 6.08 Å². The number of hydrogen-bond donors (Lipinski definition) is 1. The predicted molar refractivity (Wildman–Crippen MR) is 83.8 cm³/mol. The molecule has 4 nitrogen and oxygen atoms in total. The van der Waals surface area contributed by atoms with E-state index in [9.17, 15) is 9.90 Å². The average molecular weight is 380 g/mol. The molecule has 0 aromatic rings. The van der Waals surface area contributed by atoms with E-state index in [0.29, 0.717) is 6.42 Å². The second-order valence-electron chi connectivity index (χ2n) is 4.13. The van der Waals surface area contributed by atoms with E-state index in [4.69, 9.17) is 4.74 Å². The highest BCUT2D eigenvalue weighted by atomic mass is 127. The highest BCUT2D eigenvalue weighted by Gasteiger charge is 2.14. The van der Waals surface area contributed by atoms with Crippen molar-refractivity contribution in [2.24, 2.45) is 5.92 Å². The van der Waals surface area contributed by atoms with Crippen LogP contribution in [0.3, 0.4) is 0 Å². The second-order valence-corrected chi connectivity index (χ2v) is 4.85. The molecule has 0 spiro atoms. The molecule has 0 aromatic carbocycles. The van der Waals surface area contributed by atoms with Gasteiger partial charge in [0.2, 0.25) is 0 Å². The first kappa shape index (κ1) is 18.2. The highest BCUT2D eigenvalue weighted by Crippen LogP contribution is 2.14. The molecule has 0 amide bonds. The van der Waals surface area contributed by atoms with Gasteiger partial charge >= 0.3 is 5.97 Å². The van der Waals surface area contributed by atoms with Crippen molar-refractivity contribution in [1.29, 1.82) is 0 Å². The molecular formula is C14H21IO4. The lowest BCUT2D eigenvalue weighted by Gasteiger charge is -2.14. The van der Waals surface area contributed by atoms with Crippen LogP contribution in [0, 0.1) is 5.92 Å². The summed E-state index contributed by atoms with van der Waals surface area (Å²) in [5, 5.41) is 10.0. The Kier molecular flexibility index (Phi) is 9.59. The first-order chi connectivity index (χ1) is 8.96. The third-order valence-electron chi connectivity index (χ3n) is 2.61. The van der Waals surface area contributed by atoms with Crippen LogP contribution in [-0.4, -0.2) is 31.4 Å². The molecule has 0 aromatic heterocycles. The molecule has 0 fully saturated rings. The van der Waals surface area contributed by atoms with E-state index in [1.807, 2.05) is 30.1 Å². The van der Waals surface area contributed by atoms with Gasteiger partial charge in [-0.15, -0.1) is 0 Å². The fourth-order valence-corrected chi connectivity index (χ4v) is 2.04. The van der Waals surface area contributed by atoms with Gasteiger partial charge in [-0.05, 0) is 23.5 Å². The van der Waals surface area contributed by atoms with Gasteiger partial charge in [0.05, 0.1) is 20.3 Å². The van der Waals surface area contributed by atoms with Gasteiger partial charge in [-0.25, -0.2) is 4.79 Å². The van der Waals surface area contributed by atoms with E-state index >= 15 is 0 Å². The first-order valence-electron chi connectivity index (χ1n) is 5.92. The molecule has 5 heteroatoms. The summed E-state index contributed by atoms with van der Waals surface area (Å²) < 4.78 is 11.4. The Morgan fingerprint density at radius 2 is 2.00 bits per heavy atom. The molecule has 108 valence electrons. The molecule has 0 unspecified atom stereocenters. The van der Waals surface area contributed by atoms with Gasteiger partial charge in [0.25, 0.3) is 0 Å². The molecular weight excluding hydrogens is 359 g/mol. The van der Waals surface area contributed by atoms with E-state index in [-0.39, 0.29) is 11.7 Å². The molecule has 0 saturated carbocycles. The minimum absolute atomic E-state index is 0.0143. The summed E-state index contributed by atoms with van der Waals surface area (Å²) in [6, 6.07) is 0. The maximum absolute atomic E-state index is 11.3. The molecule has 0 aliphatic carbocycles. The number of aliphatic hydroxyl groups is 1. The Balaban J connectivity index is 4.60. The minimum atomic E-state index is -0.577. The average Bonchev–Trinajstić information content (AvgIpc) is 2.38.